The van der Waals surface area contributed by atoms with Crippen molar-refractivity contribution in [3.8, 4) is 11.8 Å². The topological polar surface area (TPSA) is 109 Å². The lowest BCUT2D eigenvalue weighted by Gasteiger charge is -2.10. The van der Waals surface area contributed by atoms with E-state index in [2.05, 4.69) is 36.4 Å². The van der Waals surface area contributed by atoms with Crippen molar-refractivity contribution in [2.45, 2.75) is 13.5 Å². The Morgan fingerprint density at radius 3 is 2.82 bits per heavy atom. The molecule has 3 heterocycles. The van der Waals surface area contributed by atoms with E-state index in [0.29, 0.717) is 18.2 Å². The molecule has 0 amide bonds. The number of hydrogen-bond donors (Lipinski definition) is 2. The van der Waals surface area contributed by atoms with Crippen LogP contribution in [-0.4, -0.2) is 19.9 Å². The van der Waals surface area contributed by atoms with Crippen LogP contribution in [0.25, 0.3) is 10.9 Å². The van der Waals surface area contributed by atoms with Gasteiger partial charge in [-0.1, -0.05) is 18.2 Å². The van der Waals surface area contributed by atoms with E-state index < -0.39 is 0 Å². The van der Waals surface area contributed by atoms with Gasteiger partial charge in [0.1, 0.15) is 0 Å². The second-order valence-electron chi connectivity index (χ2n) is 6.10. The summed E-state index contributed by atoms with van der Waals surface area (Å²) in [6.45, 7) is 2.38. The summed E-state index contributed by atoms with van der Waals surface area (Å²) in [5.74, 6) is 1.26. The molecule has 2 N–H and O–H groups in total. The second-order valence-corrected chi connectivity index (χ2v) is 6.10. The van der Waals surface area contributed by atoms with Gasteiger partial charge in [0.25, 0.3) is 0 Å². The summed E-state index contributed by atoms with van der Waals surface area (Å²) in [5, 5.41) is 7.66. The fraction of sp³-hybridized carbons (Fsp3) is 0.100. The van der Waals surface area contributed by atoms with Gasteiger partial charge in [-0.2, -0.15) is 4.98 Å². The molecular formula is C20H17N7O. The standard InChI is InChI=1S/C20H17N7O/c1-13-4-2-6-17(25-13)28-18-12-24-20(27-21)19(26-18)23-11-14-7-8-16-15(10-14)5-3-9-22-16/h2-10,12,21H,11H2,1H3,(H,23,26). The van der Waals surface area contributed by atoms with Crippen molar-refractivity contribution < 1.29 is 4.74 Å². The lowest BCUT2D eigenvalue weighted by Crippen LogP contribution is -2.04. The molecule has 4 aromatic rings. The maximum atomic E-state index is 7.32. The van der Waals surface area contributed by atoms with Crippen LogP contribution in [0.3, 0.4) is 0 Å². The van der Waals surface area contributed by atoms with Crippen molar-refractivity contribution >= 4 is 22.5 Å². The zero-order valence-corrected chi connectivity index (χ0v) is 15.1. The number of anilines is 1. The zero-order chi connectivity index (χ0) is 19.3. The molecule has 0 spiro atoms. The molecule has 8 heteroatoms. The molecule has 0 fully saturated rings. The van der Waals surface area contributed by atoms with E-state index in [1.54, 1.807) is 12.3 Å². The third kappa shape index (κ3) is 3.90. The van der Waals surface area contributed by atoms with Gasteiger partial charge in [0.2, 0.25) is 17.6 Å². The van der Waals surface area contributed by atoms with Crippen molar-refractivity contribution in [2.75, 3.05) is 5.32 Å². The average molecular weight is 371 g/mol. The van der Waals surface area contributed by atoms with E-state index in [-0.39, 0.29) is 11.7 Å². The van der Waals surface area contributed by atoms with E-state index >= 15 is 0 Å². The van der Waals surface area contributed by atoms with Crippen molar-refractivity contribution in [3.63, 3.8) is 0 Å². The summed E-state index contributed by atoms with van der Waals surface area (Å²) in [7, 11) is 0. The lowest BCUT2D eigenvalue weighted by molar-refractivity contribution is 0.442. The van der Waals surface area contributed by atoms with Crippen LogP contribution in [0.2, 0.25) is 0 Å². The summed E-state index contributed by atoms with van der Waals surface area (Å²) in [6.07, 6.45) is 3.19. The molecule has 4 rings (SSSR count). The van der Waals surface area contributed by atoms with Crippen molar-refractivity contribution in [2.24, 2.45) is 5.11 Å². The first kappa shape index (κ1) is 17.5. The van der Waals surface area contributed by atoms with Gasteiger partial charge in [0.05, 0.1) is 11.7 Å². The zero-order valence-electron chi connectivity index (χ0n) is 15.1. The van der Waals surface area contributed by atoms with Gasteiger partial charge in [0.15, 0.2) is 5.82 Å². The number of aryl methyl sites for hydroxylation is 1. The minimum absolute atomic E-state index is 0.187. The Kier molecular flexibility index (Phi) is 4.83. The Labute approximate surface area is 161 Å². The Hall–Kier alpha value is -3.94. The SMILES string of the molecule is Cc1cccc(Oc2cnc(N=N)c(NCc3ccc4ncccc4c3)n2)n1. The summed E-state index contributed by atoms with van der Waals surface area (Å²) in [6, 6.07) is 15.4. The van der Waals surface area contributed by atoms with Gasteiger partial charge in [-0.25, -0.2) is 15.5 Å². The predicted octanol–water partition coefficient (Wildman–Crippen LogP) is 4.80. The van der Waals surface area contributed by atoms with Crippen LogP contribution in [0.5, 0.6) is 11.8 Å². The lowest BCUT2D eigenvalue weighted by atomic mass is 10.1. The van der Waals surface area contributed by atoms with Crippen LogP contribution in [-0.2, 0) is 6.54 Å². The molecule has 0 unspecified atom stereocenters. The molecule has 0 aliphatic carbocycles. The molecule has 1 aromatic carbocycles. The molecule has 0 saturated heterocycles. The van der Waals surface area contributed by atoms with Crippen LogP contribution in [0.4, 0.5) is 11.6 Å². The third-order valence-corrected chi connectivity index (χ3v) is 4.04. The van der Waals surface area contributed by atoms with Crippen molar-refractivity contribution in [1.82, 2.24) is 19.9 Å². The van der Waals surface area contributed by atoms with E-state index in [4.69, 9.17) is 10.3 Å². The van der Waals surface area contributed by atoms with E-state index in [1.165, 1.54) is 6.20 Å². The van der Waals surface area contributed by atoms with Gasteiger partial charge < -0.3 is 10.1 Å². The fourth-order valence-electron chi connectivity index (χ4n) is 2.72. The number of aromatic nitrogens is 4. The summed E-state index contributed by atoms with van der Waals surface area (Å²) in [5.41, 5.74) is 10.1. The molecule has 3 aromatic heterocycles. The molecule has 0 atom stereocenters. The highest BCUT2D eigenvalue weighted by Crippen LogP contribution is 2.25. The molecule has 0 bridgehead atoms. The first-order chi connectivity index (χ1) is 13.7. The normalized spacial score (nSPS) is 10.6. The van der Waals surface area contributed by atoms with Gasteiger partial charge in [-0.3, -0.25) is 4.98 Å². The predicted molar refractivity (Wildman–Crippen MR) is 105 cm³/mol. The fourth-order valence-corrected chi connectivity index (χ4v) is 2.72. The van der Waals surface area contributed by atoms with Gasteiger partial charge in [-0.05, 0) is 36.8 Å². The number of hydrogen-bond acceptors (Lipinski definition) is 8. The molecular weight excluding hydrogens is 354 g/mol. The summed E-state index contributed by atoms with van der Waals surface area (Å²) < 4.78 is 5.67. The highest BCUT2D eigenvalue weighted by molar-refractivity contribution is 5.79. The van der Waals surface area contributed by atoms with Crippen molar-refractivity contribution in [1.29, 1.82) is 5.53 Å². The number of ether oxygens (including phenoxy) is 1. The quantitative estimate of drug-likeness (QED) is 0.471. The Morgan fingerprint density at radius 2 is 1.96 bits per heavy atom. The smallest absolute Gasteiger partial charge is 0.241 e. The summed E-state index contributed by atoms with van der Waals surface area (Å²) >= 11 is 0. The molecule has 8 nitrogen and oxygen atoms in total. The molecule has 138 valence electrons. The average Bonchev–Trinajstić information content (AvgIpc) is 2.72. The van der Waals surface area contributed by atoms with Gasteiger partial charge in [-0.15, -0.1) is 5.11 Å². The minimum atomic E-state index is 0.187. The Bertz CT molecular complexity index is 1150. The maximum Gasteiger partial charge on any atom is 0.241 e. The van der Waals surface area contributed by atoms with Gasteiger partial charge in [0, 0.05) is 29.9 Å². The van der Waals surface area contributed by atoms with Crippen molar-refractivity contribution in [3.05, 3.63) is 72.2 Å². The minimum Gasteiger partial charge on any atom is -0.419 e. The highest BCUT2D eigenvalue weighted by Gasteiger charge is 2.10. The number of pyridine rings is 2. The van der Waals surface area contributed by atoms with Crippen LogP contribution in [0.1, 0.15) is 11.3 Å². The first-order valence-electron chi connectivity index (χ1n) is 8.65. The van der Waals surface area contributed by atoms with Crippen LogP contribution < -0.4 is 10.1 Å². The van der Waals surface area contributed by atoms with Gasteiger partial charge >= 0.3 is 0 Å². The molecule has 0 saturated carbocycles. The Balaban J connectivity index is 1.54. The number of rotatable bonds is 6. The first-order valence-corrected chi connectivity index (χ1v) is 8.65. The van der Waals surface area contributed by atoms with E-state index in [1.807, 2.05) is 43.3 Å². The van der Waals surface area contributed by atoms with Crippen LogP contribution >= 0.6 is 0 Å². The second kappa shape index (κ2) is 7.75. The highest BCUT2D eigenvalue weighted by atomic mass is 16.5. The molecule has 0 aliphatic rings. The largest absolute Gasteiger partial charge is 0.419 e. The van der Waals surface area contributed by atoms with E-state index in [0.717, 1.165) is 22.2 Å². The number of nitrogens with one attached hydrogen (secondary N) is 2. The number of benzene rings is 1. The monoisotopic (exact) mass is 371 g/mol. The number of nitrogens with zero attached hydrogens (tertiary/aromatic N) is 5. The Morgan fingerprint density at radius 1 is 1.04 bits per heavy atom. The van der Waals surface area contributed by atoms with Crippen LogP contribution in [0.15, 0.2) is 66.0 Å². The molecule has 0 aliphatic heterocycles. The summed E-state index contributed by atoms with van der Waals surface area (Å²) in [4.78, 5) is 17.1. The third-order valence-electron chi connectivity index (χ3n) is 4.04. The number of fused-ring (bicyclic) bond motifs is 1. The van der Waals surface area contributed by atoms with E-state index in [9.17, 15) is 0 Å². The maximum absolute atomic E-state index is 7.32. The van der Waals surface area contributed by atoms with Crippen LogP contribution in [0, 0.1) is 12.5 Å². The molecule has 28 heavy (non-hydrogen) atoms. The molecule has 0 radical (unpaired) electrons.